The molecule has 15 heavy (non-hydrogen) atoms. The lowest BCUT2D eigenvalue weighted by molar-refractivity contribution is 0.0246. The molecular formula is C14H29N. The maximum Gasteiger partial charge on any atom is 0.0183 e. The van der Waals surface area contributed by atoms with Crippen molar-refractivity contribution in [2.24, 2.45) is 0 Å². The SMILES string of the molecule is CN(C(C)(C)C)C1(C)CCCCCCC1. The summed E-state index contributed by atoms with van der Waals surface area (Å²) >= 11 is 0. The molecule has 1 fully saturated rings. The summed E-state index contributed by atoms with van der Waals surface area (Å²) in [5.41, 5.74) is 0.729. The van der Waals surface area contributed by atoms with Crippen molar-refractivity contribution in [3.8, 4) is 0 Å². The van der Waals surface area contributed by atoms with Gasteiger partial charge in [-0.25, -0.2) is 0 Å². The number of nitrogens with zero attached hydrogens (tertiary/aromatic N) is 1. The van der Waals surface area contributed by atoms with Gasteiger partial charge in [0, 0.05) is 11.1 Å². The van der Waals surface area contributed by atoms with Crippen molar-refractivity contribution in [2.75, 3.05) is 7.05 Å². The summed E-state index contributed by atoms with van der Waals surface area (Å²) in [4.78, 5) is 2.60. The van der Waals surface area contributed by atoms with Crippen molar-refractivity contribution in [2.45, 2.75) is 83.7 Å². The average Bonchev–Trinajstić information content (AvgIpc) is 2.09. The monoisotopic (exact) mass is 211 g/mol. The molecule has 0 spiro atoms. The fraction of sp³-hybridized carbons (Fsp3) is 1.00. The topological polar surface area (TPSA) is 3.24 Å². The third-order valence-electron chi connectivity index (χ3n) is 4.25. The quantitative estimate of drug-likeness (QED) is 0.627. The number of hydrogen-bond donors (Lipinski definition) is 0. The van der Waals surface area contributed by atoms with E-state index in [-0.39, 0.29) is 0 Å². The summed E-state index contributed by atoms with van der Waals surface area (Å²) in [6.45, 7) is 9.45. The first kappa shape index (κ1) is 13.0. The fourth-order valence-corrected chi connectivity index (χ4v) is 2.81. The van der Waals surface area contributed by atoms with Crippen LogP contribution in [0.25, 0.3) is 0 Å². The van der Waals surface area contributed by atoms with Crippen LogP contribution in [-0.2, 0) is 0 Å². The van der Waals surface area contributed by atoms with Crippen molar-refractivity contribution in [1.82, 2.24) is 4.90 Å². The summed E-state index contributed by atoms with van der Waals surface area (Å²) in [6.07, 6.45) is 9.91. The number of rotatable bonds is 1. The molecule has 1 aliphatic rings. The highest BCUT2D eigenvalue weighted by atomic mass is 15.2. The molecule has 0 unspecified atom stereocenters. The Bertz CT molecular complexity index is 182. The van der Waals surface area contributed by atoms with Crippen molar-refractivity contribution >= 4 is 0 Å². The summed E-state index contributed by atoms with van der Waals surface area (Å²) in [7, 11) is 2.31. The highest BCUT2D eigenvalue weighted by Crippen LogP contribution is 2.34. The van der Waals surface area contributed by atoms with E-state index in [1.54, 1.807) is 0 Å². The van der Waals surface area contributed by atoms with Gasteiger partial charge in [0.15, 0.2) is 0 Å². The van der Waals surface area contributed by atoms with Gasteiger partial charge < -0.3 is 0 Å². The second kappa shape index (κ2) is 4.86. The Kier molecular flexibility index (Phi) is 4.22. The van der Waals surface area contributed by atoms with E-state index in [0.717, 1.165) is 0 Å². The summed E-state index contributed by atoms with van der Waals surface area (Å²) in [5, 5.41) is 0. The van der Waals surface area contributed by atoms with E-state index in [1.165, 1.54) is 44.9 Å². The van der Waals surface area contributed by atoms with Crippen LogP contribution in [-0.4, -0.2) is 23.0 Å². The molecule has 1 saturated carbocycles. The second-order valence-corrected chi connectivity index (χ2v) is 6.49. The molecule has 0 aromatic carbocycles. The third kappa shape index (κ3) is 3.48. The van der Waals surface area contributed by atoms with E-state index in [0.29, 0.717) is 11.1 Å². The molecule has 0 heterocycles. The maximum atomic E-state index is 2.60. The van der Waals surface area contributed by atoms with Crippen LogP contribution in [0.2, 0.25) is 0 Å². The normalized spacial score (nSPS) is 23.6. The molecule has 0 bridgehead atoms. The first-order valence-corrected chi connectivity index (χ1v) is 6.60. The standard InChI is InChI=1S/C14H29N/c1-13(2,3)15(5)14(4)11-9-7-6-8-10-12-14/h6-12H2,1-5H3. The molecular weight excluding hydrogens is 182 g/mol. The van der Waals surface area contributed by atoms with E-state index in [4.69, 9.17) is 0 Å². The van der Waals surface area contributed by atoms with Crippen LogP contribution in [0.4, 0.5) is 0 Å². The minimum atomic E-state index is 0.300. The van der Waals surface area contributed by atoms with Crippen LogP contribution >= 0.6 is 0 Å². The molecule has 0 aromatic heterocycles. The molecule has 0 atom stereocenters. The minimum absolute atomic E-state index is 0.300. The van der Waals surface area contributed by atoms with Gasteiger partial charge in [0.25, 0.3) is 0 Å². The van der Waals surface area contributed by atoms with E-state index < -0.39 is 0 Å². The van der Waals surface area contributed by atoms with Crippen molar-refractivity contribution in [3.05, 3.63) is 0 Å². The highest BCUT2D eigenvalue weighted by Gasteiger charge is 2.35. The van der Waals surface area contributed by atoms with Gasteiger partial charge >= 0.3 is 0 Å². The lowest BCUT2D eigenvalue weighted by Crippen LogP contribution is -2.53. The Morgan fingerprint density at radius 3 is 1.67 bits per heavy atom. The zero-order chi connectivity index (χ0) is 11.5. The predicted octanol–water partition coefficient (Wildman–Crippen LogP) is 4.22. The van der Waals surface area contributed by atoms with E-state index in [9.17, 15) is 0 Å². The van der Waals surface area contributed by atoms with Crippen molar-refractivity contribution < 1.29 is 0 Å². The Labute approximate surface area is 96.2 Å². The first-order chi connectivity index (χ1) is 6.86. The molecule has 0 aromatic rings. The zero-order valence-corrected chi connectivity index (χ0v) is 11.4. The molecule has 0 radical (unpaired) electrons. The van der Waals surface area contributed by atoms with E-state index >= 15 is 0 Å². The molecule has 1 heteroatoms. The maximum absolute atomic E-state index is 2.60. The average molecular weight is 211 g/mol. The Morgan fingerprint density at radius 2 is 1.27 bits per heavy atom. The van der Waals surface area contributed by atoms with Gasteiger partial charge in [0.2, 0.25) is 0 Å². The molecule has 1 nitrogen and oxygen atoms in total. The van der Waals surface area contributed by atoms with Gasteiger partial charge in [-0.05, 0) is 47.6 Å². The van der Waals surface area contributed by atoms with Gasteiger partial charge in [0.1, 0.15) is 0 Å². The largest absolute Gasteiger partial charge is 0.296 e. The molecule has 0 saturated heterocycles. The second-order valence-electron chi connectivity index (χ2n) is 6.49. The first-order valence-electron chi connectivity index (χ1n) is 6.60. The molecule has 90 valence electrons. The number of hydrogen-bond acceptors (Lipinski definition) is 1. The van der Waals surface area contributed by atoms with Gasteiger partial charge in [-0.3, -0.25) is 4.90 Å². The zero-order valence-electron chi connectivity index (χ0n) is 11.4. The molecule has 0 amide bonds. The highest BCUT2D eigenvalue weighted by molar-refractivity contribution is 4.91. The predicted molar refractivity (Wildman–Crippen MR) is 68.2 cm³/mol. The van der Waals surface area contributed by atoms with E-state index in [2.05, 4.69) is 39.6 Å². The summed E-state index contributed by atoms with van der Waals surface area (Å²) < 4.78 is 0. The smallest absolute Gasteiger partial charge is 0.0183 e. The molecule has 0 aliphatic heterocycles. The lowest BCUT2D eigenvalue weighted by atomic mass is 9.82. The van der Waals surface area contributed by atoms with Gasteiger partial charge in [-0.15, -0.1) is 0 Å². The van der Waals surface area contributed by atoms with Crippen LogP contribution in [0, 0.1) is 0 Å². The lowest BCUT2D eigenvalue weighted by Gasteiger charge is -2.48. The van der Waals surface area contributed by atoms with Gasteiger partial charge in [-0.2, -0.15) is 0 Å². The van der Waals surface area contributed by atoms with Crippen molar-refractivity contribution in [1.29, 1.82) is 0 Å². The van der Waals surface area contributed by atoms with Crippen LogP contribution in [0.3, 0.4) is 0 Å². The fourth-order valence-electron chi connectivity index (χ4n) is 2.81. The molecule has 1 rings (SSSR count). The van der Waals surface area contributed by atoms with Crippen LogP contribution < -0.4 is 0 Å². The van der Waals surface area contributed by atoms with Crippen molar-refractivity contribution in [3.63, 3.8) is 0 Å². The minimum Gasteiger partial charge on any atom is -0.296 e. The Morgan fingerprint density at radius 1 is 0.867 bits per heavy atom. The summed E-state index contributed by atoms with van der Waals surface area (Å²) in [6, 6.07) is 0. The molecule has 0 N–H and O–H groups in total. The third-order valence-corrected chi connectivity index (χ3v) is 4.25. The summed E-state index contributed by atoms with van der Waals surface area (Å²) in [5.74, 6) is 0. The Hall–Kier alpha value is -0.0400. The molecule has 1 aliphatic carbocycles. The Balaban J connectivity index is 2.68. The van der Waals surface area contributed by atoms with Gasteiger partial charge in [-0.1, -0.05) is 32.1 Å². The van der Waals surface area contributed by atoms with E-state index in [1.807, 2.05) is 0 Å². The van der Waals surface area contributed by atoms with Crippen LogP contribution in [0.15, 0.2) is 0 Å². The van der Waals surface area contributed by atoms with Crippen LogP contribution in [0.5, 0.6) is 0 Å². The van der Waals surface area contributed by atoms with Crippen LogP contribution in [0.1, 0.15) is 72.6 Å². The van der Waals surface area contributed by atoms with Gasteiger partial charge in [0.05, 0.1) is 0 Å².